The van der Waals surface area contributed by atoms with Gasteiger partial charge in [-0.15, -0.1) is 0 Å². The lowest BCUT2D eigenvalue weighted by molar-refractivity contribution is 0.451. The molecule has 2 aromatic rings. The molecule has 1 aromatic heterocycles. The third-order valence-corrected chi connectivity index (χ3v) is 2.80. The van der Waals surface area contributed by atoms with E-state index in [-0.39, 0.29) is 27.9 Å². The molecule has 4 heteroatoms. The van der Waals surface area contributed by atoms with E-state index < -0.39 is 0 Å². The van der Waals surface area contributed by atoms with Crippen LogP contribution < -0.4 is 5.43 Å². The van der Waals surface area contributed by atoms with Crippen molar-refractivity contribution in [2.45, 2.75) is 6.92 Å². The van der Waals surface area contributed by atoms with Gasteiger partial charge in [-0.2, -0.15) is 0 Å². The van der Waals surface area contributed by atoms with Crippen molar-refractivity contribution in [3.63, 3.8) is 0 Å². The minimum absolute atomic E-state index is 0.0507. The number of hydrogen-bond donors (Lipinski definition) is 2. The third kappa shape index (κ3) is 2.49. The van der Waals surface area contributed by atoms with E-state index >= 15 is 0 Å². The van der Waals surface area contributed by atoms with Gasteiger partial charge in [0, 0.05) is 23.8 Å². The molecule has 102 valence electrons. The van der Waals surface area contributed by atoms with Gasteiger partial charge in [-0.1, -0.05) is 30.9 Å². The van der Waals surface area contributed by atoms with E-state index in [4.69, 9.17) is 4.42 Å². The molecule has 0 unspecified atom stereocenters. The topological polar surface area (TPSA) is 70.7 Å². The van der Waals surface area contributed by atoms with Crippen molar-refractivity contribution in [3.8, 4) is 11.5 Å². The highest BCUT2D eigenvalue weighted by Gasteiger charge is 2.11. The van der Waals surface area contributed by atoms with Gasteiger partial charge < -0.3 is 14.6 Å². The highest BCUT2D eigenvalue weighted by atomic mass is 16.3. The van der Waals surface area contributed by atoms with Crippen molar-refractivity contribution in [2.75, 3.05) is 0 Å². The fraction of sp³-hybridized carbons (Fsp3) is 0.0625. The molecule has 2 N–H and O–H groups in total. The quantitative estimate of drug-likeness (QED) is 0.839. The highest BCUT2D eigenvalue weighted by molar-refractivity contribution is 5.86. The molecule has 0 aliphatic heterocycles. The average Bonchev–Trinajstić information content (AvgIpc) is 2.38. The van der Waals surface area contributed by atoms with E-state index in [1.807, 2.05) is 6.92 Å². The van der Waals surface area contributed by atoms with Crippen LogP contribution >= 0.6 is 0 Å². The monoisotopic (exact) mass is 270 g/mol. The summed E-state index contributed by atoms with van der Waals surface area (Å²) in [6.45, 7) is 5.39. The lowest BCUT2D eigenvalue weighted by Gasteiger charge is -2.05. The van der Waals surface area contributed by atoms with Gasteiger partial charge in [-0.05, 0) is 6.92 Å². The zero-order valence-electron chi connectivity index (χ0n) is 11.0. The Labute approximate surface area is 115 Å². The van der Waals surface area contributed by atoms with Crippen LogP contribution in [0.2, 0.25) is 0 Å². The molecule has 1 aromatic carbocycles. The van der Waals surface area contributed by atoms with Gasteiger partial charge in [0.1, 0.15) is 28.2 Å². The molecule has 0 atom stereocenters. The fourth-order valence-electron chi connectivity index (χ4n) is 1.89. The molecule has 0 amide bonds. The van der Waals surface area contributed by atoms with E-state index in [9.17, 15) is 15.0 Å². The Hall–Kier alpha value is -2.75. The molecule has 20 heavy (non-hydrogen) atoms. The van der Waals surface area contributed by atoms with Gasteiger partial charge >= 0.3 is 0 Å². The van der Waals surface area contributed by atoms with Gasteiger partial charge in [-0.3, -0.25) is 4.79 Å². The van der Waals surface area contributed by atoms with E-state index in [0.717, 1.165) is 6.07 Å². The first-order valence-electron chi connectivity index (χ1n) is 6.02. The Bertz CT molecular complexity index is 779. The van der Waals surface area contributed by atoms with Gasteiger partial charge in [0.2, 0.25) is 0 Å². The van der Waals surface area contributed by atoms with Crippen LogP contribution in [0.25, 0.3) is 16.5 Å². The second-order valence-electron chi connectivity index (χ2n) is 4.15. The molecule has 0 bridgehead atoms. The molecular formula is C16H14O4. The molecule has 1 heterocycles. The molecule has 0 spiro atoms. The summed E-state index contributed by atoms with van der Waals surface area (Å²) in [6.07, 6.45) is 6.87. The average molecular weight is 270 g/mol. The van der Waals surface area contributed by atoms with Crippen molar-refractivity contribution in [1.29, 1.82) is 0 Å². The molecule has 0 saturated heterocycles. The number of fused-ring (bicyclic) bond motifs is 1. The first kappa shape index (κ1) is 13.7. The lowest BCUT2D eigenvalue weighted by atomic mass is 10.1. The molecular weight excluding hydrogens is 256 g/mol. The Morgan fingerprint density at radius 3 is 2.70 bits per heavy atom. The maximum absolute atomic E-state index is 12.1. The zero-order valence-corrected chi connectivity index (χ0v) is 11.0. The molecule has 4 nitrogen and oxygen atoms in total. The van der Waals surface area contributed by atoms with Crippen LogP contribution in [-0.2, 0) is 0 Å². The van der Waals surface area contributed by atoms with Crippen LogP contribution in [0, 0.1) is 0 Å². The Balaban J connectivity index is 2.72. The van der Waals surface area contributed by atoms with Crippen LogP contribution in [0.15, 0.2) is 58.3 Å². The number of phenolic OH excluding ortho intramolecular Hbond substituents is 2. The molecule has 0 saturated carbocycles. The molecule has 0 radical (unpaired) electrons. The second kappa shape index (κ2) is 5.48. The van der Waals surface area contributed by atoms with Gasteiger partial charge in [-0.25, -0.2) is 0 Å². The van der Waals surface area contributed by atoms with Crippen molar-refractivity contribution in [3.05, 3.63) is 65.1 Å². The van der Waals surface area contributed by atoms with Crippen molar-refractivity contribution < 1.29 is 14.6 Å². The minimum Gasteiger partial charge on any atom is -0.508 e. The number of rotatable bonds is 3. The summed E-state index contributed by atoms with van der Waals surface area (Å²) >= 11 is 0. The predicted octanol–water partition coefficient (Wildman–Crippen LogP) is 3.35. The molecule has 2 rings (SSSR count). The van der Waals surface area contributed by atoms with Gasteiger partial charge in [0.25, 0.3) is 0 Å². The van der Waals surface area contributed by atoms with Crippen LogP contribution in [-0.4, -0.2) is 10.2 Å². The normalized spacial score (nSPS) is 12.2. The Morgan fingerprint density at radius 1 is 1.30 bits per heavy atom. The molecule has 0 fully saturated rings. The Morgan fingerprint density at radius 2 is 2.05 bits per heavy atom. The number of allylic oxidation sites excluding steroid dienone is 5. The van der Waals surface area contributed by atoms with Crippen molar-refractivity contribution >= 4 is 16.5 Å². The predicted molar refractivity (Wildman–Crippen MR) is 78.8 cm³/mol. The summed E-state index contributed by atoms with van der Waals surface area (Å²) in [7, 11) is 0. The van der Waals surface area contributed by atoms with E-state index in [0.29, 0.717) is 11.3 Å². The standard InChI is InChI=1S/C16H14O4/c1-3-5-6-10(4-2)14-9-13(19)16-12(18)7-11(17)8-15(16)20-14/h3-9,17-18H,1H2,2H3/b6-5-,10-4+. The van der Waals surface area contributed by atoms with Crippen molar-refractivity contribution in [2.24, 2.45) is 0 Å². The highest BCUT2D eigenvalue weighted by Crippen LogP contribution is 2.29. The lowest BCUT2D eigenvalue weighted by Crippen LogP contribution is -2.01. The number of hydrogen-bond acceptors (Lipinski definition) is 4. The molecule has 0 aliphatic carbocycles. The summed E-state index contributed by atoms with van der Waals surface area (Å²) in [6, 6.07) is 3.71. The second-order valence-corrected chi connectivity index (χ2v) is 4.15. The largest absolute Gasteiger partial charge is 0.508 e. The van der Waals surface area contributed by atoms with E-state index in [2.05, 4.69) is 6.58 Å². The number of benzene rings is 1. The number of aromatic hydroxyl groups is 2. The summed E-state index contributed by atoms with van der Waals surface area (Å²) in [5.41, 5.74) is 0.466. The molecule has 0 aliphatic rings. The summed E-state index contributed by atoms with van der Waals surface area (Å²) in [5, 5.41) is 19.2. The first-order valence-corrected chi connectivity index (χ1v) is 6.02. The van der Waals surface area contributed by atoms with Crippen LogP contribution in [0.5, 0.6) is 11.5 Å². The van der Waals surface area contributed by atoms with Crippen LogP contribution in [0.4, 0.5) is 0 Å². The smallest absolute Gasteiger partial charge is 0.197 e. The summed E-state index contributed by atoms with van der Waals surface area (Å²) < 4.78 is 5.58. The maximum Gasteiger partial charge on any atom is 0.197 e. The van der Waals surface area contributed by atoms with Crippen LogP contribution in [0.3, 0.4) is 0 Å². The number of phenols is 2. The van der Waals surface area contributed by atoms with E-state index in [1.165, 1.54) is 12.1 Å². The minimum atomic E-state index is -0.370. The fourth-order valence-corrected chi connectivity index (χ4v) is 1.89. The van der Waals surface area contributed by atoms with Crippen LogP contribution in [0.1, 0.15) is 12.7 Å². The summed E-state index contributed by atoms with van der Waals surface area (Å²) in [4.78, 5) is 12.1. The SMILES string of the molecule is C=C/C=C\C(=C/C)c1cc(=O)c2c(O)cc(O)cc2o1. The third-order valence-electron chi connectivity index (χ3n) is 2.80. The first-order chi connectivity index (χ1) is 9.56. The van der Waals surface area contributed by atoms with Gasteiger partial charge in [0.15, 0.2) is 5.43 Å². The zero-order chi connectivity index (χ0) is 14.7. The summed E-state index contributed by atoms with van der Waals surface area (Å²) in [5.74, 6) is -0.115. The van der Waals surface area contributed by atoms with E-state index in [1.54, 1.807) is 24.3 Å². The van der Waals surface area contributed by atoms with Gasteiger partial charge in [0.05, 0.1) is 0 Å². The Kier molecular flexibility index (Phi) is 3.75. The van der Waals surface area contributed by atoms with Crippen molar-refractivity contribution in [1.82, 2.24) is 0 Å². The maximum atomic E-state index is 12.1.